The lowest BCUT2D eigenvalue weighted by atomic mass is 9.88. The first-order valence-corrected chi connectivity index (χ1v) is 5.67. The van der Waals surface area contributed by atoms with Crippen LogP contribution in [-0.4, -0.2) is 16.3 Å². The average Bonchev–Trinajstić information content (AvgIpc) is 2.75. The molecule has 82 valence electrons. The van der Waals surface area contributed by atoms with Crippen molar-refractivity contribution < 1.29 is 0 Å². The minimum Gasteiger partial charge on any atom is -0.385 e. The number of rotatable bonds is 1. The van der Waals surface area contributed by atoms with Crippen LogP contribution in [0.2, 0.25) is 0 Å². The molecule has 2 heterocycles. The number of hydrogen-bond acceptors (Lipinski definition) is 2. The molecule has 1 aromatic carbocycles. The SMILES string of the molecule is Cn1ccc(C2CCNc3ccccc32)n1. The van der Waals surface area contributed by atoms with Crippen molar-refractivity contribution in [2.75, 3.05) is 11.9 Å². The van der Waals surface area contributed by atoms with E-state index in [2.05, 4.69) is 40.7 Å². The van der Waals surface area contributed by atoms with Crippen molar-refractivity contribution in [3.63, 3.8) is 0 Å². The Morgan fingerprint density at radius 2 is 2.19 bits per heavy atom. The van der Waals surface area contributed by atoms with Crippen LogP contribution in [0, 0.1) is 0 Å². The number of para-hydroxylation sites is 1. The summed E-state index contributed by atoms with van der Waals surface area (Å²) in [5.74, 6) is 0.443. The van der Waals surface area contributed by atoms with Crippen LogP contribution in [0.1, 0.15) is 23.6 Å². The first kappa shape index (κ1) is 9.46. The molecule has 0 aliphatic carbocycles. The predicted molar refractivity (Wildman–Crippen MR) is 64.6 cm³/mol. The Kier molecular flexibility index (Phi) is 2.17. The van der Waals surface area contributed by atoms with Crippen molar-refractivity contribution in [1.29, 1.82) is 0 Å². The highest BCUT2D eigenvalue weighted by Crippen LogP contribution is 2.35. The maximum Gasteiger partial charge on any atom is 0.0700 e. The molecule has 3 rings (SSSR count). The first-order valence-electron chi connectivity index (χ1n) is 5.67. The monoisotopic (exact) mass is 213 g/mol. The number of fused-ring (bicyclic) bond motifs is 1. The molecule has 16 heavy (non-hydrogen) atoms. The largest absolute Gasteiger partial charge is 0.385 e. The average molecular weight is 213 g/mol. The lowest BCUT2D eigenvalue weighted by molar-refractivity contribution is 0.664. The minimum atomic E-state index is 0.443. The topological polar surface area (TPSA) is 29.9 Å². The summed E-state index contributed by atoms with van der Waals surface area (Å²) < 4.78 is 1.87. The summed E-state index contributed by atoms with van der Waals surface area (Å²) in [5.41, 5.74) is 3.80. The molecular formula is C13H15N3. The molecule has 0 fully saturated rings. The number of nitrogens with zero attached hydrogens (tertiary/aromatic N) is 2. The third kappa shape index (κ3) is 1.48. The van der Waals surface area contributed by atoms with Gasteiger partial charge >= 0.3 is 0 Å². The molecule has 0 spiro atoms. The highest BCUT2D eigenvalue weighted by atomic mass is 15.2. The molecule has 2 aromatic rings. The number of aromatic nitrogens is 2. The van der Waals surface area contributed by atoms with Crippen molar-refractivity contribution in [2.24, 2.45) is 7.05 Å². The Morgan fingerprint density at radius 1 is 1.31 bits per heavy atom. The van der Waals surface area contributed by atoms with Crippen LogP contribution in [-0.2, 0) is 7.05 Å². The number of benzene rings is 1. The molecule has 0 bridgehead atoms. The molecule has 0 saturated carbocycles. The highest BCUT2D eigenvalue weighted by molar-refractivity contribution is 5.56. The lowest BCUT2D eigenvalue weighted by Gasteiger charge is -2.25. The van der Waals surface area contributed by atoms with Gasteiger partial charge in [-0.25, -0.2) is 0 Å². The Hall–Kier alpha value is -1.77. The number of nitrogens with one attached hydrogen (secondary N) is 1. The van der Waals surface area contributed by atoms with Crippen molar-refractivity contribution in [3.05, 3.63) is 47.8 Å². The van der Waals surface area contributed by atoms with Gasteiger partial charge < -0.3 is 5.32 Å². The van der Waals surface area contributed by atoms with Crippen molar-refractivity contribution in [2.45, 2.75) is 12.3 Å². The van der Waals surface area contributed by atoms with E-state index in [1.54, 1.807) is 0 Å². The van der Waals surface area contributed by atoms with Crippen LogP contribution in [0.5, 0.6) is 0 Å². The standard InChI is InChI=1S/C13H15N3/c1-16-9-7-13(15-16)11-6-8-14-12-5-3-2-4-10(11)12/h2-5,7,9,11,14H,6,8H2,1H3. The molecular weight excluding hydrogens is 198 g/mol. The van der Waals surface area contributed by atoms with E-state index < -0.39 is 0 Å². The molecule has 1 N–H and O–H groups in total. The molecule has 1 unspecified atom stereocenters. The maximum absolute atomic E-state index is 4.52. The van der Waals surface area contributed by atoms with Gasteiger partial charge in [-0.05, 0) is 24.1 Å². The molecule has 0 radical (unpaired) electrons. The van der Waals surface area contributed by atoms with Crippen LogP contribution < -0.4 is 5.32 Å². The van der Waals surface area contributed by atoms with E-state index in [9.17, 15) is 0 Å². The van der Waals surface area contributed by atoms with Crippen molar-refractivity contribution in [1.82, 2.24) is 9.78 Å². The molecule has 1 atom stereocenters. The fourth-order valence-electron chi connectivity index (χ4n) is 2.39. The van der Waals surface area contributed by atoms with Gasteiger partial charge in [0.2, 0.25) is 0 Å². The number of aryl methyl sites for hydroxylation is 1. The summed E-state index contributed by atoms with van der Waals surface area (Å²) in [4.78, 5) is 0. The Balaban J connectivity index is 2.04. The highest BCUT2D eigenvalue weighted by Gasteiger charge is 2.22. The van der Waals surface area contributed by atoms with E-state index in [1.165, 1.54) is 16.9 Å². The molecule has 0 amide bonds. The van der Waals surface area contributed by atoms with E-state index in [-0.39, 0.29) is 0 Å². The normalized spacial score (nSPS) is 18.9. The molecule has 0 saturated heterocycles. The van der Waals surface area contributed by atoms with Gasteiger partial charge in [-0.3, -0.25) is 4.68 Å². The van der Waals surface area contributed by atoms with Gasteiger partial charge in [-0.2, -0.15) is 5.10 Å². The summed E-state index contributed by atoms with van der Waals surface area (Å²) in [6.45, 7) is 1.03. The number of hydrogen-bond donors (Lipinski definition) is 1. The van der Waals surface area contributed by atoms with Gasteiger partial charge in [0.25, 0.3) is 0 Å². The van der Waals surface area contributed by atoms with Gasteiger partial charge in [-0.1, -0.05) is 18.2 Å². The van der Waals surface area contributed by atoms with Gasteiger partial charge in [0.05, 0.1) is 5.69 Å². The van der Waals surface area contributed by atoms with Crippen LogP contribution in [0.3, 0.4) is 0 Å². The van der Waals surface area contributed by atoms with Gasteiger partial charge in [-0.15, -0.1) is 0 Å². The third-order valence-electron chi connectivity index (χ3n) is 3.18. The third-order valence-corrected chi connectivity index (χ3v) is 3.18. The fraction of sp³-hybridized carbons (Fsp3) is 0.308. The van der Waals surface area contributed by atoms with Crippen LogP contribution in [0.15, 0.2) is 36.5 Å². The summed E-state index contributed by atoms with van der Waals surface area (Å²) in [6, 6.07) is 10.6. The second-order valence-corrected chi connectivity index (χ2v) is 4.27. The Morgan fingerprint density at radius 3 is 3.00 bits per heavy atom. The lowest BCUT2D eigenvalue weighted by Crippen LogP contribution is -2.17. The summed E-state index contributed by atoms with van der Waals surface area (Å²) >= 11 is 0. The fourth-order valence-corrected chi connectivity index (χ4v) is 2.39. The predicted octanol–water partition coefficient (Wildman–Crippen LogP) is 2.37. The van der Waals surface area contributed by atoms with E-state index in [0.717, 1.165) is 13.0 Å². The zero-order valence-electron chi connectivity index (χ0n) is 9.35. The van der Waals surface area contributed by atoms with Crippen molar-refractivity contribution in [3.8, 4) is 0 Å². The van der Waals surface area contributed by atoms with E-state index in [4.69, 9.17) is 0 Å². The zero-order valence-corrected chi connectivity index (χ0v) is 9.35. The van der Waals surface area contributed by atoms with Crippen LogP contribution in [0.4, 0.5) is 5.69 Å². The Bertz CT molecular complexity index is 501. The quantitative estimate of drug-likeness (QED) is 0.788. The summed E-state index contributed by atoms with van der Waals surface area (Å²) in [7, 11) is 1.97. The second-order valence-electron chi connectivity index (χ2n) is 4.27. The van der Waals surface area contributed by atoms with Gasteiger partial charge in [0.15, 0.2) is 0 Å². The molecule has 1 aromatic heterocycles. The second kappa shape index (κ2) is 3.67. The molecule has 1 aliphatic heterocycles. The minimum absolute atomic E-state index is 0.443. The summed E-state index contributed by atoms with van der Waals surface area (Å²) in [5, 5.41) is 7.96. The Labute approximate surface area is 95.1 Å². The zero-order chi connectivity index (χ0) is 11.0. The molecule has 3 heteroatoms. The molecule has 1 aliphatic rings. The maximum atomic E-state index is 4.52. The van der Waals surface area contributed by atoms with E-state index >= 15 is 0 Å². The van der Waals surface area contributed by atoms with Crippen LogP contribution in [0.25, 0.3) is 0 Å². The molecule has 3 nitrogen and oxygen atoms in total. The smallest absolute Gasteiger partial charge is 0.0700 e. The summed E-state index contributed by atoms with van der Waals surface area (Å²) in [6.07, 6.45) is 3.13. The first-order chi connectivity index (χ1) is 7.84. The van der Waals surface area contributed by atoms with E-state index in [1.807, 2.05) is 17.9 Å². The van der Waals surface area contributed by atoms with Gasteiger partial charge in [0, 0.05) is 31.4 Å². The number of anilines is 1. The van der Waals surface area contributed by atoms with Gasteiger partial charge in [0.1, 0.15) is 0 Å². The van der Waals surface area contributed by atoms with Crippen molar-refractivity contribution >= 4 is 5.69 Å². The van der Waals surface area contributed by atoms with Crippen LogP contribution >= 0.6 is 0 Å². The van der Waals surface area contributed by atoms with E-state index in [0.29, 0.717) is 5.92 Å².